The standard InChI is InChI=1S/C12H14OS2/c1-13-11-5-3-2-4-10(11)6-7-12-14-8-9-15-12/h2-7,12H,8-9H2,1H3/b7-6+. The molecule has 15 heavy (non-hydrogen) atoms. The van der Waals surface area contributed by atoms with E-state index in [1.54, 1.807) is 7.11 Å². The first-order valence-electron chi connectivity index (χ1n) is 4.94. The fourth-order valence-electron chi connectivity index (χ4n) is 1.47. The predicted molar refractivity (Wildman–Crippen MR) is 70.7 cm³/mol. The molecule has 0 unspecified atom stereocenters. The molecule has 0 aromatic heterocycles. The zero-order valence-electron chi connectivity index (χ0n) is 8.68. The zero-order chi connectivity index (χ0) is 10.5. The van der Waals surface area contributed by atoms with E-state index < -0.39 is 0 Å². The van der Waals surface area contributed by atoms with Gasteiger partial charge in [-0.2, -0.15) is 0 Å². The highest BCUT2D eigenvalue weighted by atomic mass is 32.2. The molecule has 1 fully saturated rings. The molecule has 1 aliphatic rings. The van der Waals surface area contributed by atoms with Crippen molar-refractivity contribution in [2.45, 2.75) is 4.58 Å². The summed E-state index contributed by atoms with van der Waals surface area (Å²) in [5.74, 6) is 3.48. The topological polar surface area (TPSA) is 9.23 Å². The quantitative estimate of drug-likeness (QED) is 0.797. The first-order valence-corrected chi connectivity index (χ1v) is 7.04. The van der Waals surface area contributed by atoms with Gasteiger partial charge in [-0.1, -0.05) is 30.4 Å². The third kappa shape index (κ3) is 2.95. The smallest absolute Gasteiger partial charge is 0.126 e. The van der Waals surface area contributed by atoms with E-state index in [2.05, 4.69) is 18.2 Å². The molecule has 0 atom stereocenters. The van der Waals surface area contributed by atoms with Gasteiger partial charge in [-0.25, -0.2) is 0 Å². The van der Waals surface area contributed by atoms with Crippen LogP contribution in [-0.4, -0.2) is 23.2 Å². The lowest BCUT2D eigenvalue weighted by Gasteiger charge is -2.04. The Kier molecular flexibility index (Phi) is 4.03. The molecule has 3 heteroatoms. The Labute approximate surface area is 99.3 Å². The van der Waals surface area contributed by atoms with E-state index in [0.717, 1.165) is 11.3 Å². The number of rotatable bonds is 3. The Morgan fingerprint density at radius 3 is 2.73 bits per heavy atom. The lowest BCUT2D eigenvalue weighted by Crippen LogP contribution is -1.87. The van der Waals surface area contributed by atoms with Gasteiger partial charge >= 0.3 is 0 Å². The molecule has 0 amide bonds. The SMILES string of the molecule is COc1ccccc1/C=C/C1SCCS1. The second kappa shape index (κ2) is 5.52. The lowest BCUT2D eigenvalue weighted by molar-refractivity contribution is 0.414. The summed E-state index contributed by atoms with van der Waals surface area (Å²) in [6.07, 6.45) is 4.43. The molecule has 0 spiro atoms. The van der Waals surface area contributed by atoms with Crippen LogP contribution < -0.4 is 4.74 Å². The Balaban J connectivity index is 2.08. The molecule has 0 N–H and O–H groups in total. The highest BCUT2D eigenvalue weighted by Gasteiger charge is 2.12. The maximum atomic E-state index is 5.30. The highest BCUT2D eigenvalue weighted by molar-refractivity contribution is 8.20. The van der Waals surface area contributed by atoms with E-state index in [9.17, 15) is 0 Å². The van der Waals surface area contributed by atoms with Crippen LogP contribution in [0.3, 0.4) is 0 Å². The fraction of sp³-hybridized carbons (Fsp3) is 0.333. The number of thioether (sulfide) groups is 2. The fourth-order valence-corrected chi connectivity index (χ4v) is 4.05. The Morgan fingerprint density at radius 1 is 1.27 bits per heavy atom. The van der Waals surface area contributed by atoms with Crippen molar-refractivity contribution in [3.63, 3.8) is 0 Å². The second-order valence-corrected chi connectivity index (χ2v) is 6.01. The summed E-state index contributed by atoms with van der Waals surface area (Å²) in [4.78, 5) is 0. The molecule has 1 aliphatic heterocycles. The predicted octanol–water partition coefficient (Wildman–Crippen LogP) is 3.51. The summed E-state index contributed by atoms with van der Waals surface area (Å²) in [5, 5.41) is 0. The van der Waals surface area contributed by atoms with Crippen LogP contribution in [0.5, 0.6) is 5.75 Å². The summed E-state index contributed by atoms with van der Waals surface area (Å²) in [6, 6.07) is 8.11. The van der Waals surface area contributed by atoms with Crippen molar-refractivity contribution in [3.05, 3.63) is 35.9 Å². The molecule has 0 saturated carbocycles. The summed E-state index contributed by atoms with van der Waals surface area (Å²) in [7, 11) is 1.71. The van der Waals surface area contributed by atoms with Crippen molar-refractivity contribution >= 4 is 29.6 Å². The average molecular weight is 238 g/mol. The lowest BCUT2D eigenvalue weighted by atomic mass is 10.2. The van der Waals surface area contributed by atoms with Crippen molar-refractivity contribution in [2.75, 3.05) is 18.6 Å². The van der Waals surface area contributed by atoms with Crippen LogP contribution in [0.2, 0.25) is 0 Å². The molecule has 2 rings (SSSR count). The molecule has 0 bridgehead atoms. The molecule has 0 radical (unpaired) electrons. The summed E-state index contributed by atoms with van der Waals surface area (Å²) >= 11 is 4.02. The number of benzene rings is 1. The van der Waals surface area contributed by atoms with Gasteiger partial charge in [0.2, 0.25) is 0 Å². The Morgan fingerprint density at radius 2 is 2.00 bits per heavy atom. The van der Waals surface area contributed by atoms with Gasteiger partial charge in [0.25, 0.3) is 0 Å². The van der Waals surface area contributed by atoms with E-state index >= 15 is 0 Å². The third-order valence-electron chi connectivity index (χ3n) is 2.22. The highest BCUT2D eigenvalue weighted by Crippen LogP contribution is 2.33. The second-order valence-electron chi connectivity index (χ2n) is 3.21. The van der Waals surface area contributed by atoms with Crippen molar-refractivity contribution in [1.82, 2.24) is 0 Å². The van der Waals surface area contributed by atoms with E-state index in [-0.39, 0.29) is 0 Å². The summed E-state index contributed by atoms with van der Waals surface area (Å²) < 4.78 is 5.92. The molecular weight excluding hydrogens is 224 g/mol. The summed E-state index contributed by atoms with van der Waals surface area (Å²) in [5.41, 5.74) is 1.16. The number of methoxy groups -OCH3 is 1. The number of para-hydroxylation sites is 1. The minimum atomic E-state index is 0.620. The molecule has 0 aliphatic carbocycles. The number of hydrogen-bond acceptors (Lipinski definition) is 3. The van der Waals surface area contributed by atoms with Crippen LogP contribution in [0.25, 0.3) is 6.08 Å². The number of ether oxygens (including phenoxy) is 1. The molecule has 1 heterocycles. The van der Waals surface area contributed by atoms with Crippen LogP contribution in [0.15, 0.2) is 30.3 Å². The van der Waals surface area contributed by atoms with Crippen LogP contribution >= 0.6 is 23.5 Å². The van der Waals surface area contributed by atoms with E-state index in [1.807, 2.05) is 41.7 Å². The van der Waals surface area contributed by atoms with Gasteiger partial charge in [0.05, 0.1) is 11.7 Å². The van der Waals surface area contributed by atoms with E-state index in [4.69, 9.17) is 4.74 Å². The molecule has 1 saturated heterocycles. The van der Waals surface area contributed by atoms with Crippen molar-refractivity contribution in [2.24, 2.45) is 0 Å². The van der Waals surface area contributed by atoms with Crippen molar-refractivity contribution in [3.8, 4) is 5.75 Å². The van der Waals surface area contributed by atoms with Crippen LogP contribution in [-0.2, 0) is 0 Å². The zero-order valence-corrected chi connectivity index (χ0v) is 10.3. The first-order chi connectivity index (χ1) is 7.40. The van der Waals surface area contributed by atoms with Gasteiger partial charge in [0.15, 0.2) is 0 Å². The van der Waals surface area contributed by atoms with Crippen LogP contribution in [0, 0.1) is 0 Å². The maximum Gasteiger partial charge on any atom is 0.126 e. The molecule has 1 aromatic carbocycles. The monoisotopic (exact) mass is 238 g/mol. The van der Waals surface area contributed by atoms with E-state index in [1.165, 1.54) is 11.5 Å². The molecule has 80 valence electrons. The Bertz CT molecular complexity index is 343. The van der Waals surface area contributed by atoms with Gasteiger partial charge in [0, 0.05) is 17.1 Å². The van der Waals surface area contributed by atoms with Gasteiger partial charge in [-0.15, -0.1) is 23.5 Å². The maximum absolute atomic E-state index is 5.30. The van der Waals surface area contributed by atoms with Gasteiger partial charge < -0.3 is 4.74 Å². The van der Waals surface area contributed by atoms with Crippen molar-refractivity contribution < 1.29 is 4.74 Å². The average Bonchev–Trinajstić information content (AvgIpc) is 2.79. The minimum absolute atomic E-state index is 0.620. The molecular formula is C12H14OS2. The molecule has 1 aromatic rings. The van der Waals surface area contributed by atoms with Crippen molar-refractivity contribution in [1.29, 1.82) is 0 Å². The minimum Gasteiger partial charge on any atom is -0.496 e. The molecule has 1 nitrogen and oxygen atoms in total. The third-order valence-corrected chi connectivity index (χ3v) is 5.15. The first kappa shape index (κ1) is 11.0. The summed E-state index contributed by atoms with van der Waals surface area (Å²) in [6.45, 7) is 0. The van der Waals surface area contributed by atoms with Crippen LogP contribution in [0.1, 0.15) is 5.56 Å². The van der Waals surface area contributed by atoms with E-state index in [0.29, 0.717) is 4.58 Å². The van der Waals surface area contributed by atoms with Gasteiger partial charge in [-0.3, -0.25) is 0 Å². The normalized spacial score (nSPS) is 17.4. The largest absolute Gasteiger partial charge is 0.496 e. The van der Waals surface area contributed by atoms with Gasteiger partial charge in [0.1, 0.15) is 5.75 Å². The Hall–Kier alpha value is -0.540. The number of hydrogen-bond donors (Lipinski definition) is 0. The van der Waals surface area contributed by atoms with Crippen LogP contribution in [0.4, 0.5) is 0 Å². The van der Waals surface area contributed by atoms with Gasteiger partial charge in [-0.05, 0) is 6.07 Å².